The lowest BCUT2D eigenvalue weighted by atomic mass is 10.2. The van der Waals surface area contributed by atoms with Gasteiger partial charge in [-0.1, -0.05) is 30.3 Å². The first-order valence-corrected chi connectivity index (χ1v) is 11.0. The smallest absolute Gasteiger partial charge is 0.428 e. The maximum atomic E-state index is 12.8. The third kappa shape index (κ3) is 6.54. The highest BCUT2D eigenvalue weighted by Gasteiger charge is 2.43. The highest BCUT2D eigenvalue weighted by atomic mass is 32.2. The molecular formula is C17H15F4NO5S2. The Kier molecular flexibility index (Phi) is 6.71. The standard InChI is InChI=1S/C17H15F4NO5S2/c18-16(19)17(20,21)27-14-7-5-12(6-8-14)9-10-28(23,24)11-13-3-1-2-4-15(13)29(22,25)26/h1-10,16H,11H2,(H2,22,25,26)/b10-9+. The van der Waals surface area contributed by atoms with Crippen molar-refractivity contribution < 1.29 is 39.1 Å². The number of benzene rings is 2. The zero-order valence-electron chi connectivity index (χ0n) is 14.5. The van der Waals surface area contributed by atoms with E-state index in [9.17, 15) is 34.4 Å². The fraction of sp³-hybridized carbons (Fsp3) is 0.176. The molecule has 2 N–H and O–H groups in total. The van der Waals surface area contributed by atoms with Crippen molar-refractivity contribution in [3.8, 4) is 5.75 Å². The molecule has 0 bridgehead atoms. The van der Waals surface area contributed by atoms with Crippen molar-refractivity contribution in [2.24, 2.45) is 5.14 Å². The number of hydrogen-bond donors (Lipinski definition) is 1. The highest BCUT2D eigenvalue weighted by Crippen LogP contribution is 2.27. The van der Waals surface area contributed by atoms with Gasteiger partial charge in [-0.2, -0.15) is 17.6 Å². The Morgan fingerprint density at radius 2 is 1.59 bits per heavy atom. The average molecular weight is 453 g/mol. The van der Waals surface area contributed by atoms with E-state index in [1.807, 2.05) is 0 Å². The van der Waals surface area contributed by atoms with Gasteiger partial charge in [0.05, 0.1) is 10.6 Å². The SMILES string of the molecule is NS(=O)(=O)c1ccccc1CS(=O)(=O)/C=C/c1ccc(OC(F)(F)C(F)F)cc1. The molecule has 0 spiro atoms. The van der Waals surface area contributed by atoms with Crippen LogP contribution in [0.3, 0.4) is 0 Å². The average Bonchev–Trinajstić information content (AvgIpc) is 2.60. The molecule has 0 saturated carbocycles. The van der Waals surface area contributed by atoms with Crippen molar-refractivity contribution in [3.05, 3.63) is 65.1 Å². The molecule has 12 heteroatoms. The molecule has 0 amide bonds. The summed E-state index contributed by atoms with van der Waals surface area (Å²) in [6, 6.07) is 9.64. The zero-order valence-corrected chi connectivity index (χ0v) is 16.1. The summed E-state index contributed by atoms with van der Waals surface area (Å²) in [7, 11) is -8.03. The lowest BCUT2D eigenvalue weighted by Crippen LogP contribution is -2.33. The maximum absolute atomic E-state index is 12.8. The molecule has 29 heavy (non-hydrogen) atoms. The molecule has 158 valence electrons. The molecular weight excluding hydrogens is 438 g/mol. The van der Waals surface area contributed by atoms with E-state index in [4.69, 9.17) is 5.14 Å². The quantitative estimate of drug-likeness (QED) is 0.619. The predicted molar refractivity (Wildman–Crippen MR) is 97.5 cm³/mol. The number of alkyl halides is 4. The second-order valence-electron chi connectivity index (χ2n) is 5.80. The molecule has 2 aromatic carbocycles. The van der Waals surface area contributed by atoms with E-state index in [1.165, 1.54) is 36.4 Å². The number of rotatable bonds is 8. The van der Waals surface area contributed by atoms with Crippen LogP contribution in [-0.2, 0) is 25.6 Å². The lowest BCUT2D eigenvalue weighted by Gasteiger charge is -2.16. The highest BCUT2D eigenvalue weighted by molar-refractivity contribution is 7.93. The van der Waals surface area contributed by atoms with Crippen LogP contribution in [0.1, 0.15) is 11.1 Å². The number of ether oxygens (including phenoxy) is 1. The summed E-state index contributed by atoms with van der Waals surface area (Å²) in [6.07, 6.45) is -7.53. The molecule has 0 fully saturated rings. The minimum Gasteiger partial charge on any atom is -0.428 e. The normalized spacial score (nSPS) is 13.2. The van der Waals surface area contributed by atoms with Crippen LogP contribution in [0.4, 0.5) is 17.6 Å². The Morgan fingerprint density at radius 1 is 1.00 bits per heavy atom. The Morgan fingerprint density at radius 3 is 2.14 bits per heavy atom. The molecule has 0 saturated heterocycles. The Bertz CT molecular complexity index is 1100. The van der Waals surface area contributed by atoms with Gasteiger partial charge in [0, 0.05) is 5.41 Å². The fourth-order valence-electron chi connectivity index (χ4n) is 2.20. The number of hydrogen-bond acceptors (Lipinski definition) is 5. The van der Waals surface area contributed by atoms with Gasteiger partial charge < -0.3 is 4.74 Å². The minimum atomic E-state index is -4.66. The van der Waals surface area contributed by atoms with Crippen molar-refractivity contribution in [2.45, 2.75) is 23.2 Å². The fourth-order valence-corrected chi connectivity index (χ4v) is 4.21. The Labute approximate surface area is 164 Å². The van der Waals surface area contributed by atoms with Gasteiger partial charge in [-0.05, 0) is 35.4 Å². The molecule has 0 aliphatic carbocycles. The maximum Gasteiger partial charge on any atom is 0.461 e. The third-order valence-electron chi connectivity index (χ3n) is 3.49. The van der Waals surface area contributed by atoms with E-state index in [1.54, 1.807) is 0 Å². The molecule has 0 aliphatic rings. The van der Waals surface area contributed by atoms with Gasteiger partial charge >= 0.3 is 12.5 Å². The largest absolute Gasteiger partial charge is 0.461 e. The van der Waals surface area contributed by atoms with Gasteiger partial charge in [-0.15, -0.1) is 0 Å². The van der Waals surface area contributed by atoms with Crippen LogP contribution in [0.25, 0.3) is 6.08 Å². The molecule has 0 aliphatic heterocycles. The van der Waals surface area contributed by atoms with Crippen molar-refractivity contribution in [1.29, 1.82) is 0 Å². The van der Waals surface area contributed by atoms with Crippen LogP contribution in [0.2, 0.25) is 0 Å². The van der Waals surface area contributed by atoms with Crippen molar-refractivity contribution in [1.82, 2.24) is 0 Å². The number of primary sulfonamides is 1. The van der Waals surface area contributed by atoms with Crippen LogP contribution >= 0.6 is 0 Å². The van der Waals surface area contributed by atoms with Crippen LogP contribution < -0.4 is 9.88 Å². The van der Waals surface area contributed by atoms with Crippen LogP contribution in [-0.4, -0.2) is 29.4 Å². The monoisotopic (exact) mass is 453 g/mol. The summed E-state index contributed by atoms with van der Waals surface area (Å²) in [6.45, 7) is 0. The van der Waals surface area contributed by atoms with Crippen LogP contribution in [0, 0.1) is 0 Å². The lowest BCUT2D eigenvalue weighted by molar-refractivity contribution is -0.253. The van der Waals surface area contributed by atoms with E-state index in [-0.39, 0.29) is 16.0 Å². The van der Waals surface area contributed by atoms with E-state index in [2.05, 4.69) is 4.74 Å². The second-order valence-corrected chi connectivity index (χ2v) is 9.21. The molecule has 2 rings (SSSR count). The zero-order chi connectivity index (χ0) is 21.9. The molecule has 0 unspecified atom stereocenters. The Hall–Kier alpha value is -2.44. The van der Waals surface area contributed by atoms with Gasteiger partial charge in [-0.25, -0.2) is 22.0 Å². The van der Waals surface area contributed by atoms with E-state index >= 15 is 0 Å². The number of halogens is 4. The van der Waals surface area contributed by atoms with Gasteiger partial charge in [0.2, 0.25) is 10.0 Å². The van der Waals surface area contributed by atoms with E-state index < -0.39 is 43.9 Å². The van der Waals surface area contributed by atoms with Crippen molar-refractivity contribution >= 4 is 25.9 Å². The molecule has 0 atom stereocenters. The molecule has 0 heterocycles. The van der Waals surface area contributed by atoms with Gasteiger partial charge in [0.1, 0.15) is 5.75 Å². The predicted octanol–water partition coefficient (Wildman–Crippen LogP) is 3.16. The molecule has 6 nitrogen and oxygen atoms in total. The van der Waals surface area contributed by atoms with E-state index in [0.29, 0.717) is 0 Å². The summed E-state index contributed by atoms with van der Waals surface area (Å²) < 4.78 is 101. The molecule has 2 aromatic rings. The first-order valence-electron chi connectivity index (χ1n) is 7.77. The summed E-state index contributed by atoms with van der Waals surface area (Å²) in [5, 5.41) is 5.87. The van der Waals surface area contributed by atoms with Crippen molar-refractivity contribution in [3.63, 3.8) is 0 Å². The second kappa shape index (κ2) is 8.51. The molecule has 0 aromatic heterocycles. The topological polar surface area (TPSA) is 104 Å². The van der Waals surface area contributed by atoms with Gasteiger partial charge in [0.15, 0.2) is 9.84 Å². The number of sulfonamides is 1. The minimum absolute atomic E-state index is 0.0161. The molecule has 0 radical (unpaired) electrons. The summed E-state index contributed by atoms with van der Waals surface area (Å²) >= 11 is 0. The van der Waals surface area contributed by atoms with Gasteiger partial charge in [-0.3, -0.25) is 0 Å². The van der Waals surface area contributed by atoms with Crippen LogP contribution in [0.5, 0.6) is 5.75 Å². The summed E-state index contributed by atoms with van der Waals surface area (Å²) in [5.74, 6) is -1.17. The van der Waals surface area contributed by atoms with Gasteiger partial charge in [0.25, 0.3) is 0 Å². The van der Waals surface area contributed by atoms with E-state index in [0.717, 1.165) is 23.6 Å². The van der Waals surface area contributed by atoms with Crippen molar-refractivity contribution in [2.75, 3.05) is 0 Å². The number of nitrogens with two attached hydrogens (primary N) is 1. The first kappa shape index (κ1) is 22.8. The Balaban J connectivity index is 2.16. The summed E-state index contributed by atoms with van der Waals surface area (Å²) in [4.78, 5) is -0.321. The third-order valence-corrected chi connectivity index (χ3v) is 5.77. The van der Waals surface area contributed by atoms with Crippen LogP contribution in [0.15, 0.2) is 58.8 Å². The summed E-state index contributed by atoms with van der Waals surface area (Å²) in [5.41, 5.74) is 0.235. The number of sulfone groups is 1. The first-order chi connectivity index (χ1) is 13.3.